The maximum Gasteiger partial charge on any atom is 0.320 e. The van der Waals surface area contributed by atoms with E-state index in [9.17, 15) is 9.59 Å². The number of rotatable bonds is 1. The second kappa shape index (κ2) is 3.18. The lowest BCUT2D eigenvalue weighted by Gasteiger charge is -2.20. The lowest BCUT2D eigenvalue weighted by atomic mass is 10.4. The van der Waals surface area contributed by atoms with Crippen molar-refractivity contribution in [2.45, 2.75) is 12.7 Å². The van der Waals surface area contributed by atoms with Gasteiger partial charge < -0.3 is 9.47 Å². The molecule has 0 aliphatic carbocycles. The van der Waals surface area contributed by atoms with Crippen molar-refractivity contribution in [3.8, 4) is 0 Å². The Morgan fingerprint density at radius 1 is 1.31 bits per heavy atom. The van der Waals surface area contributed by atoms with Gasteiger partial charge in [-0.3, -0.25) is 9.59 Å². The summed E-state index contributed by atoms with van der Waals surface area (Å²) >= 11 is 1.38. The Hall–Kier alpha value is -1.36. The van der Waals surface area contributed by atoms with E-state index in [-0.39, 0.29) is 6.42 Å². The molecule has 0 amide bonds. The molecule has 0 radical (unpaired) electrons. The molecule has 5 heteroatoms. The number of cyclic esters (lactones) is 2. The predicted octanol–water partition coefficient (Wildman–Crippen LogP) is 1.24. The van der Waals surface area contributed by atoms with Crippen LogP contribution in [0.15, 0.2) is 17.5 Å². The van der Waals surface area contributed by atoms with E-state index in [1.165, 1.54) is 11.3 Å². The Kier molecular flexibility index (Phi) is 2.02. The number of carbonyl (C=O) groups excluding carboxylic acids is 2. The van der Waals surface area contributed by atoms with Crippen LogP contribution in [0.1, 0.15) is 17.6 Å². The molecule has 0 atom stereocenters. The highest BCUT2D eigenvalue weighted by atomic mass is 32.1. The van der Waals surface area contributed by atoms with Gasteiger partial charge in [-0.1, -0.05) is 6.07 Å². The quantitative estimate of drug-likeness (QED) is 0.503. The summed E-state index contributed by atoms with van der Waals surface area (Å²) in [5.41, 5.74) is 0. The number of thiophene rings is 1. The Balaban J connectivity index is 2.16. The zero-order valence-corrected chi connectivity index (χ0v) is 7.37. The summed E-state index contributed by atoms with van der Waals surface area (Å²) in [6.07, 6.45) is -1.13. The van der Waals surface area contributed by atoms with Crippen LogP contribution in [0.3, 0.4) is 0 Å². The minimum atomic E-state index is -0.839. The van der Waals surface area contributed by atoms with Gasteiger partial charge in [-0.15, -0.1) is 11.3 Å². The van der Waals surface area contributed by atoms with E-state index in [0.29, 0.717) is 0 Å². The van der Waals surface area contributed by atoms with Crippen LogP contribution in [0.4, 0.5) is 0 Å². The van der Waals surface area contributed by atoms with Crippen LogP contribution >= 0.6 is 11.3 Å². The van der Waals surface area contributed by atoms with Crippen LogP contribution in [0.5, 0.6) is 0 Å². The monoisotopic (exact) mass is 198 g/mol. The molecule has 1 aliphatic heterocycles. The number of esters is 2. The molecule has 1 saturated heterocycles. The van der Waals surface area contributed by atoms with Crippen molar-refractivity contribution >= 4 is 23.3 Å². The second-order valence-electron chi connectivity index (χ2n) is 2.50. The molecule has 0 bridgehead atoms. The topological polar surface area (TPSA) is 52.6 Å². The van der Waals surface area contributed by atoms with Crippen LogP contribution in [0.25, 0.3) is 0 Å². The molecular formula is C8H6O4S. The first kappa shape index (κ1) is 8.25. The zero-order valence-electron chi connectivity index (χ0n) is 6.56. The van der Waals surface area contributed by atoms with Crippen molar-refractivity contribution in [3.05, 3.63) is 22.4 Å². The molecule has 1 aromatic heterocycles. The fourth-order valence-electron chi connectivity index (χ4n) is 1.01. The first-order valence-electron chi connectivity index (χ1n) is 3.68. The number of hydrogen-bond acceptors (Lipinski definition) is 5. The van der Waals surface area contributed by atoms with Crippen molar-refractivity contribution in [2.75, 3.05) is 0 Å². The molecule has 1 aliphatic rings. The summed E-state index contributed by atoms with van der Waals surface area (Å²) in [4.78, 5) is 22.4. The van der Waals surface area contributed by atoms with Gasteiger partial charge >= 0.3 is 11.9 Å². The summed E-state index contributed by atoms with van der Waals surface area (Å²) in [5, 5.41) is 1.83. The van der Waals surface area contributed by atoms with Crippen molar-refractivity contribution < 1.29 is 19.1 Å². The predicted molar refractivity (Wildman–Crippen MR) is 43.9 cm³/mol. The van der Waals surface area contributed by atoms with Crippen molar-refractivity contribution in [1.82, 2.24) is 0 Å². The zero-order chi connectivity index (χ0) is 9.26. The van der Waals surface area contributed by atoms with Crippen molar-refractivity contribution in [2.24, 2.45) is 0 Å². The van der Waals surface area contributed by atoms with E-state index in [2.05, 4.69) is 0 Å². The summed E-state index contributed by atoms with van der Waals surface area (Å²) in [6.45, 7) is 0. The Labute approximate surface area is 78.1 Å². The summed E-state index contributed by atoms with van der Waals surface area (Å²) in [6, 6.07) is 3.55. The largest absolute Gasteiger partial charge is 0.419 e. The molecule has 1 fully saturated rings. The third-order valence-corrected chi connectivity index (χ3v) is 2.44. The average Bonchev–Trinajstić information content (AvgIpc) is 2.53. The lowest BCUT2D eigenvalue weighted by Crippen LogP contribution is -2.26. The molecule has 0 unspecified atom stereocenters. The molecule has 68 valence electrons. The van der Waals surface area contributed by atoms with Gasteiger partial charge in [-0.2, -0.15) is 0 Å². The van der Waals surface area contributed by atoms with E-state index in [1.807, 2.05) is 5.38 Å². The first-order chi connectivity index (χ1) is 6.25. The normalized spacial score (nSPS) is 18.2. The summed E-state index contributed by atoms with van der Waals surface area (Å²) < 4.78 is 9.66. The molecular weight excluding hydrogens is 192 g/mol. The standard InChI is InChI=1S/C8H6O4S/c9-6-4-7(10)12-8(11-6)5-2-1-3-13-5/h1-3,8H,4H2. The van der Waals surface area contributed by atoms with E-state index in [1.54, 1.807) is 12.1 Å². The smallest absolute Gasteiger partial charge is 0.320 e. The van der Waals surface area contributed by atoms with Gasteiger partial charge in [0.1, 0.15) is 6.42 Å². The van der Waals surface area contributed by atoms with E-state index >= 15 is 0 Å². The van der Waals surface area contributed by atoms with E-state index in [0.717, 1.165) is 4.88 Å². The summed E-state index contributed by atoms with van der Waals surface area (Å²) in [5.74, 6) is -1.07. The minimum Gasteiger partial charge on any atom is -0.419 e. The number of carbonyl (C=O) groups is 2. The van der Waals surface area contributed by atoms with Gasteiger partial charge in [0, 0.05) is 0 Å². The van der Waals surface area contributed by atoms with Gasteiger partial charge in [-0.05, 0) is 11.4 Å². The van der Waals surface area contributed by atoms with Gasteiger partial charge in [0.05, 0.1) is 4.88 Å². The third-order valence-electron chi connectivity index (χ3n) is 1.54. The molecule has 0 aromatic carbocycles. The highest BCUT2D eigenvalue weighted by Gasteiger charge is 2.29. The van der Waals surface area contributed by atoms with Gasteiger partial charge in [-0.25, -0.2) is 0 Å². The van der Waals surface area contributed by atoms with E-state index in [4.69, 9.17) is 9.47 Å². The van der Waals surface area contributed by atoms with Crippen LogP contribution in [-0.4, -0.2) is 11.9 Å². The maximum absolute atomic E-state index is 10.9. The molecule has 2 heterocycles. The molecule has 2 rings (SSSR count). The van der Waals surface area contributed by atoms with Crippen LogP contribution in [-0.2, 0) is 19.1 Å². The fraction of sp³-hybridized carbons (Fsp3) is 0.250. The highest BCUT2D eigenvalue weighted by molar-refractivity contribution is 7.10. The summed E-state index contributed by atoms with van der Waals surface area (Å²) in [7, 11) is 0. The van der Waals surface area contributed by atoms with Crippen LogP contribution < -0.4 is 0 Å². The molecule has 0 spiro atoms. The molecule has 13 heavy (non-hydrogen) atoms. The van der Waals surface area contributed by atoms with Crippen LogP contribution in [0, 0.1) is 0 Å². The fourth-order valence-corrected chi connectivity index (χ4v) is 1.68. The number of ether oxygens (including phenoxy) is 2. The number of hydrogen-bond donors (Lipinski definition) is 0. The third kappa shape index (κ3) is 1.70. The van der Waals surface area contributed by atoms with Crippen molar-refractivity contribution in [1.29, 1.82) is 0 Å². The minimum absolute atomic E-state index is 0.290. The van der Waals surface area contributed by atoms with Crippen molar-refractivity contribution in [3.63, 3.8) is 0 Å². The SMILES string of the molecule is O=C1CC(=O)OC(c2cccs2)O1. The maximum atomic E-state index is 10.9. The van der Waals surface area contributed by atoms with Gasteiger partial charge in [0.25, 0.3) is 6.29 Å². The van der Waals surface area contributed by atoms with Crippen LogP contribution in [0.2, 0.25) is 0 Å². The van der Waals surface area contributed by atoms with Gasteiger partial charge in [0.2, 0.25) is 0 Å². The first-order valence-corrected chi connectivity index (χ1v) is 4.56. The Bertz CT molecular complexity index is 314. The second-order valence-corrected chi connectivity index (χ2v) is 3.48. The molecule has 0 N–H and O–H groups in total. The average molecular weight is 198 g/mol. The van der Waals surface area contributed by atoms with Gasteiger partial charge in [0.15, 0.2) is 0 Å². The highest BCUT2D eigenvalue weighted by Crippen LogP contribution is 2.27. The molecule has 0 saturated carbocycles. The lowest BCUT2D eigenvalue weighted by molar-refractivity contribution is -0.204. The Morgan fingerprint density at radius 2 is 2.00 bits per heavy atom. The Morgan fingerprint density at radius 3 is 2.54 bits per heavy atom. The molecule has 1 aromatic rings. The molecule has 4 nitrogen and oxygen atoms in total. The van der Waals surface area contributed by atoms with E-state index < -0.39 is 18.2 Å².